The van der Waals surface area contributed by atoms with Crippen molar-refractivity contribution in [1.82, 2.24) is 19.9 Å². The maximum Gasteiger partial charge on any atom is 0.329 e. The molecule has 0 spiro atoms. The first-order valence-electron chi connectivity index (χ1n) is 10.4. The van der Waals surface area contributed by atoms with Gasteiger partial charge in [0, 0.05) is 12.1 Å². The van der Waals surface area contributed by atoms with Crippen LogP contribution in [-0.4, -0.2) is 88.6 Å². The Morgan fingerprint density at radius 1 is 1.31 bits per heavy atom. The van der Waals surface area contributed by atoms with Crippen LogP contribution in [0.3, 0.4) is 0 Å². The number of aromatic nitrogens is 3. The number of carbonyl (C=O) groups excluding carboxylic acids is 2. The van der Waals surface area contributed by atoms with Crippen LogP contribution in [-0.2, 0) is 14.3 Å². The molecule has 1 amide bonds. The number of amides is 1. The summed E-state index contributed by atoms with van der Waals surface area (Å²) in [5.74, 6) is -3.75. The van der Waals surface area contributed by atoms with Crippen LogP contribution >= 0.6 is 0 Å². The number of aliphatic carboxylic acids is 1. The second-order valence-corrected chi connectivity index (χ2v) is 8.11. The largest absolute Gasteiger partial charge is 0.506 e. The van der Waals surface area contributed by atoms with E-state index in [9.17, 15) is 44.7 Å². The maximum atomic E-state index is 12.7. The van der Waals surface area contributed by atoms with Gasteiger partial charge in [-0.1, -0.05) is 6.92 Å². The molecule has 15 heteroatoms. The van der Waals surface area contributed by atoms with Gasteiger partial charge in [0.05, 0.1) is 23.6 Å². The minimum Gasteiger partial charge on any atom is -0.506 e. The average molecular weight is 495 g/mol. The Morgan fingerprint density at radius 3 is 2.54 bits per heavy atom. The molecule has 1 aliphatic heterocycles. The highest BCUT2D eigenvalue weighted by atomic mass is 16.6. The molecule has 35 heavy (non-hydrogen) atoms. The van der Waals surface area contributed by atoms with E-state index in [4.69, 9.17) is 10.5 Å². The fraction of sp³-hybridized carbons (Fsp3) is 0.450. The smallest absolute Gasteiger partial charge is 0.329 e. The summed E-state index contributed by atoms with van der Waals surface area (Å²) in [5, 5.41) is 52.3. The highest BCUT2D eigenvalue weighted by Gasteiger charge is 2.50. The van der Waals surface area contributed by atoms with E-state index in [1.807, 2.05) is 0 Å². The number of nitrogens with one attached hydrogen (secondary N) is 2. The predicted octanol–water partition coefficient (Wildman–Crippen LogP) is -3.02. The monoisotopic (exact) mass is 495 g/mol. The van der Waals surface area contributed by atoms with E-state index in [-0.39, 0.29) is 17.1 Å². The van der Waals surface area contributed by atoms with Gasteiger partial charge in [-0.15, -0.1) is 0 Å². The molecule has 1 aliphatic rings. The van der Waals surface area contributed by atoms with E-state index >= 15 is 0 Å². The molecule has 1 fully saturated rings. The van der Waals surface area contributed by atoms with Crippen LogP contribution in [0.15, 0.2) is 29.3 Å². The van der Waals surface area contributed by atoms with Gasteiger partial charge in [0.25, 0.3) is 0 Å². The number of aldehydes is 1. The van der Waals surface area contributed by atoms with Gasteiger partial charge in [-0.25, -0.2) is 9.59 Å². The topological polar surface area (TPSA) is 250 Å². The third kappa shape index (κ3) is 5.23. The lowest BCUT2D eigenvalue weighted by Crippen LogP contribution is -2.57. The number of hydrogen-bond donors (Lipinski definition) is 8. The zero-order valence-electron chi connectivity index (χ0n) is 18.3. The molecular weight excluding hydrogens is 470 g/mol. The van der Waals surface area contributed by atoms with Gasteiger partial charge in [0.2, 0.25) is 5.91 Å². The van der Waals surface area contributed by atoms with Gasteiger partial charge in [0.15, 0.2) is 18.6 Å². The lowest BCUT2D eigenvalue weighted by atomic mass is 9.92. The van der Waals surface area contributed by atoms with Gasteiger partial charge < -0.3 is 46.3 Å². The summed E-state index contributed by atoms with van der Waals surface area (Å²) >= 11 is 0. The molecule has 0 aliphatic carbocycles. The number of nitrogens with two attached hydrogens (primary N) is 1. The molecule has 15 nitrogen and oxygen atoms in total. The number of aliphatic hydroxyl groups excluding tert-OH is 3. The molecule has 2 aromatic heterocycles. The Labute approximate surface area is 196 Å². The van der Waals surface area contributed by atoms with Crippen LogP contribution in [0, 0.1) is 5.92 Å². The standard InChI is InChI=1S/C20H25N5O10/c1-7(13(28)10-3-2-9(27)4-22-10)11(21)17(31)24-12(19(32)33)16-14(29)15(30)18(35-16)25-5-8(6-26)23-20(25)34/h2-7,11-16,18,27-30H,21H2,1H3,(H,23,34)(H,24,31)(H,32,33)/t7-,11-,12-,13-,14-,15+,16+,18+/m0/s1. The van der Waals surface area contributed by atoms with E-state index in [0.717, 1.165) is 17.0 Å². The number of nitrogens with zero attached hydrogens (tertiary/aromatic N) is 2. The van der Waals surface area contributed by atoms with Crippen molar-refractivity contribution in [3.8, 4) is 5.75 Å². The zero-order chi connectivity index (χ0) is 26.0. The maximum absolute atomic E-state index is 12.7. The Morgan fingerprint density at radius 2 is 2.00 bits per heavy atom. The highest BCUT2D eigenvalue weighted by molar-refractivity contribution is 5.87. The first kappa shape index (κ1) is 26.0. The van der Waals surface area contributed by atoms with Gasteiger partial charge in [-0.05, 0) is 12.1 Å². The second kappa shape index (κ2) is 10.3. The lowest BCUT2D eigenvalue weighted by Gasteiger charge is -2.28. The van der Waals surface area contributed by atoms with Crippen molar-refractivity contribution < 1.29 is 44.7 Å². The fourth-order valence-electron chi connectivity index (χ4n) is 3.68. The number of carbonyl (C=O) groups is 3. The fourth-order valence-corrected chi connectivity index (χ4v) is 3.68. The van der Waals surface area contributed by atoms with E-state index in [0.29, 0.717) is 6.29 Å². The molecule has 190 valence electrons. The molecule has 0 radical (unpaired) electrons. The van der Waals surface area contributed by atoms with Gasteiger partial charge >= 0.3 is 11.7 Å². The molecule has 8 atom stereocenters. The first-order valence-corrected chi connectivity index (χ1v) is 10.4. The molecule has 3 rings (SSSR count). The van der Waals surface area contributed by atoms with Crippen LogP contribution in [0.4, 0.5) is 0 Å². The van der Waals surface area contributed by atoms with Crippen molar-refractivity contribution in [1.29, 1.82) is 0 Å². The van der Waals surface area contributed by atoms with E-state index < -0.39 is 66.2 Å². The van der Waals surface area contributed by atoms with Crippen molar-refractivity contribution in [3.05, 3.63) is 46.4 Å². The Bertz CT molecular complexity index is 1130. The summed E-state index contributed by atoms with van der Waals surface area (Å²) < 4.78 is 6.18. The molecule has 0 bridgehead atoms. The summed E-state index contributed by atoms with van der Waals surface area (Å²) in [5.41, 5.74) is 5.03. The summed E-state index contributed by atoms with van der Waals surface area (Å²) in [7, 11) is 0. The van der Waals surface area contributed by atoms with Crippen molar-refractivity contribution in [3.63, 3.8) is 0 Å². The third-order valence-corrected chi connectivity index (χ3v) is 5.77. The number of ether oxygens (including phenoxy) is 1. The summed E-state index contributed by atoms with van der Waals surface area (Å²) in [4.78, 5) is 53.5. The average Bonchev–Trinajstić information content (AvgIpc) is 3.34. The number of rotatable bonds is 9. The van der Waals surface area contributed by atoms with Crippen LogP contribution < -0.4 is 16.7 Å². The van der Waals surface area contributed by atoms with Gasteiger partial charge in [0.1, 0.15) is 30.2 Å². The molecule has 9 N–H and O–H groups in total. The number of carboxylic acid groups (broad SMARTS) is 1. The number of aromatic hydroxyl groups is 1. The number of pyridine rings is 1. The minimum absolute atomic E-state index is 0.112. The number of aromatic amines is 1. The Balaban J connectivity index is 1.75. The minimum atomic E-state index is -1.90. The second-order valence-electron chi connectivity index (χ2n) is 8.11. The molecular formula is C20H25N5O10. The van der Waals surface area contributed by atoms with Crippen molar-refractivity contribution >= 4 is 18.2 Å². The van der Waals surface area contributed by atoms with E-state index in [1.165, 1.54) is 19.1 Å². The molecule has 2 aromatic rings. The summed E-state index contributed by atoms with van der Waals surface area (Å²) in [6.07, 6.45) is -5.78. The Kier molecular flexibility index (Phi) is 7.67. The summed E-state index contributed by atoms with van der Waals surface area (Å²) in [6, 6.07) is -0.743. The quantitative estimate of drug-likeness (QED) is 0.162. The van der Waals surface area contributed by atoms with Crippen LogP contribution in [0.5, 0.6) is 5.75 Å². The lowest BCUT2D eigenvalue weighted by molar-refractivity contribution is -0.149. The van der Waals surface area contributed by atoms with Crippen LogP contribution in [0.2, 0.25) is 0 Å². The molecule has 0 unspecified atom stereocenters. The van der Waals surface area contributed by atoms with Gasteiger partial charge in [-0.3, -0.25) is 19.1 Å². The number of aliphatic hydroxyl groups is 3. The number of H-pyrrole nitrogens is 1. The molecule has 0 aromatic carbocycles. The SMILES string of the molecule is C[C@@H]([C@H](N)C(=O)N[C@H](C(=O)O)[C@H]1O[C@@H](n2cc(C=O)[nH]c2=O)[C@H](O)[C@@H]1O)[C@H](O)c1ccc(O)cn1. The normalized spacial score (nSPS) is 25.4. The summed E-state index contributed by atoms with van der Waals surface area (Å²) in [6.45, 7) is 1.42. The number of carboxylic acids is 1. The van der Waals surface area contributed by atoms with Crippen LogP contribution in [0.1, 0.15) is 35.4 Å². The third-order valence-electron chi connectivity index (χ3n) is 5.77. The zero-order valence-corrected chi connectivity index (χ0v) is 18.3. The number of hydrogen-bond acceptors (Lipinski definition) is 11. The van der Waals surface area contributed by atoms with Gasteiger partial charge in [-0.2, -0.15) is 0 Å². The number of imidazole rings is 1. The van der Waals surface area contributed by atoms with Crippen molar-refractivity contribution in [2.45, 2.75) is 49.7 Å². The van der Waals surface area contributed by atoms with Crippen molar-refractivity contribution in [2.75, 3.05) is 0 Å². The van der Waals surface area contributed by atoms with Crippen LogP contribution in [0.25, 0.3) is 0 Å². The molecule has 3 heterocycles. The molecule has 1 saturated heterocycles. The van der Waals surface area contributed by atoms with E-state index in [1.54, 1.807) is 0 Å². The van der Waals surface area contributed by atoms with E-state index in [2.05, 4.69) is 15.3 Å². The van der Waals surface area contributed by atoms with Crippen molar-refractivity contribution in [2.24, 2.45) is 11.7 Å². The first-order chi connectivity index (χ1) is 16.5. The highest BCUT2D eigenvalue weighted by Crippen LogP contribution is 2.31. The predicted molar refractivity (Wildman–Crippen MR) is 114 cm³/mol. The Hall–Kier alpha value is -3.63. The molecule has 0 saturated carbocycles.